The summed E-state index contributed by atoms with van der Waals surface area (Å²) in [5.74, 6) is 0.0444. The number of hydrogen-bond acceptors (Lipinski definition) is 3. The fraction of sp³-hybridized carbons (Fsp3) is 0.611. The van der Waals surface area contributed by atoms with Crippen LogP contribution in [0.1, 0.15) is 32.6 Å². The van der Waals surface area contributed by atoms with Crippen molar-refractivity contribution < 1.29 is 14.3 Å². The smallest absolute Gasteiger partial charge is 0.225 e. The minimum absolute atomic E-state index is 0.0469. The van der Waals surface area contributed by atoms with Crippen LogP contribution in [0.3, 0.4) is 0 Å². The Morgan fingerprint density at radius 3 is 2.52 bits per heavy atom. The summed E-state index contributed by atoms with van der Waals surface area (Å²) in [5, 5.41) is 9.58. The summed E-state index contributed by atoms with van der Waals surface area (Å²) in [6, 6.07) is 6.91. The maximum Gasteiger partial charge on any atom is 0.225 e. The van der Waals surface area contributed by atoms with E-state index in [1.54, 1.807) is 12.1 Å². The third-order valence-corrected chi connectivity index (χ3v) is 5.15. The van der Waals surface area contributed by atoms with Crippen LogP contribution in [0.15, 0.2) is 24.3 Å². The number of carbonyl (C=O) groups is 1. The van der Waals surface area contributed by atoms with Gasteiger partial charge in [0.05, 0.1) is 11.8 Å². The van der Waals surface area contributed by atoms with Crippen molar-refractivity contribution in [3.05, 3.63) is 30.1 Å². The summed E-state index contributed by atoms with van der Waals surface area (Å²) in [6.07, 6.45) is 2.77. The molecular weight excluding hydrogens is 295 g/mol. The van der Waals surface area contributed by atoms with Crippen LogP contribution in [0.4, 0.5) is 10.1 Å². The molecule has 0 bridgehead atoms. The Balaban J connectivity index is 1.62. The van der Waals surface area contributed by atoms with Crippen LogP contribution < -0.4 is 4.90 Å². The standard InChI is InChI=1S/C18H25FN2O2/c1-13-12-20(18(23)14-6-8-15(22)9-7-14)10-11-21(13)17-5-3-2-4-16(17)19/h2-5,13-15,22H,6-12H2,1H3/t13-,14?,15?/m0/s1. The van der Waals surface area contributed by atoms with Gasteiger partial charge in [-0.1, -0.05) is 12.1 Å². The molecule has 0 aromatic heterocycles. The Morgan fingerprint density at radius 1 is 1.17 bits per heavy atom. The van der Waals surface area contributed by atoms with Crippen LogP contribution in [-0.2, 0) is 4.79 Å². The summed E-state index contributed by atoms with van der Waals surface area (Å²) in [4.78, 5) is 16.6. The number of benzene rings is 1. The second-order valence-corrected chi connectivity index (χ2v) is 6.78. The number of hydrogen-bond donors (Lipinski definition) is 1. The molecule has 0 spiro atoms. The highest BCUT2D eigenvalue weighted by Crippen LogP contribution is 2.28. The molecule has 0 radical (unpaired) electrons. The van der Waals surface area contributed by atoms with Crippen molar-refractivity contribution in [2.24, 2.45) is 5.92 Å². The molecule has 1 amide bonds. The van der Waals surface area contributed by atoms with E-state index >= 15 is 0 Å². The largest absolute Gasteiger partial charge is 0.393 e. The highest BCUT2D eigenvalue weighted by molar-refractivity contribution is 5.79. The third kappa shape index (κ3) is 3.50. The monoisotopic (exact) mass is 320 g/mol. The molecule has 2 aliphatic rings. The summed E-state index contributed by atoms with van der Waals surface area (Å²) in [5.41, 5.74) is 0.618. The van der Waals surface area contributed by atoms with Gasteiger partial charge in [-0.3, -0.25) is 4.79 Å². The Labute approximate surface area is 136 Å². The fourth-order valence-corrected chi connectivity index (χ4v) is 3.78. The molecule has 1 saturated heterocycles. The van der Waals surface area contributed by atoms with Crippen LogP contribution in [0.25, 0.3) is 0 Å². The summed E-state index contributed by atoms with van der Waals surface area (Å²) >= 11 is 0. The second-order valence-electron chi connectivity index (χ2n) is 6.78. The molecule has 1 aromatic rings. The van der Waals surface area contributed by atoms with E-state index in [2.05, 4.69) is 0 Å². The molecule has 1 N–H and O–H groups in total. The van der Waals surface area contributed by atoms with Crippen molar-refractivity contribution in [1.29, 1.82) is 0 Å². The number of piperazine rings is 1. The number of rotatable bonds is 2. The lowest BCUT2D eigenvalue weighted by molar-refractivity contribution is -0.138. The van der Waals surface area contributed by atoms with Crippen molar-refractivity contribution in [3.63, 3.8) is 0 Å². The van der Waals surface area contributed by atoms with E-state index in [1.165, 1.54) is 6.07 Å². The zero-order chi connectivity index (χ0) is 16.4. The number of carbonyl (C=O) groups excluding carboxylic acids is 1. The van der Waals surface area contributed by atoms with Crippen molar-refractivity contribution in [2.75, 3.05) is 24.5 Å². The van der Waals surface area contributed by atoms with Gasteiger partial charge in [0.2, 0.25) is 5.91 Å². The molecule has 1 atom stereocenters. The highest BCUT2D eigenvalue weighted by atomic mass is 19.1. The third-order valence-electron chi connectivity index (χ3n) is 5.15. The normalized spacial score (nSPS) is 28.7. The minimum atomic E-state index is -0.240. The lowest BCUT2D eigenvalue weighted by atomic mass is 9.86. The molecule has 1 saturated carbocycles. The van der Waals surface area contributed by atoms with Gasteiger partial charge in [-0.25, -0.2) is 4.39 Å². The van der Waals surface area contributed by atoms with Gasteiger partial charge in [0.25, 0.3) is 0 Å². The van der Waals surface area contributed by atoms with E-state index in [0.717, 1.165) is 25.7 Å². The zero-order valence-electron chi connectivity index (χ0n) is 13.6. The average Bonchev–Trinajstić information content (AvgIpc) is 2.56. The number of halogens is 1. The fourth-order valence-electron chi connectivity index (χ4n) is 3.78. The van der Waals surface area contributed by atoms with Crippen LogP contribution >= 0.6 is 0 Å². The number of anilines is 1. The van der Waals surface area contributed by atoms with Gasteiger partial charge >= 0.3 is 0 Å². The second kappa shape index (κ2) is 6.87. The molecule has 23 heavy (non-hydrogen) atoms. The van der Waals surface area contributed by atoms with Crippen molar-refractivity contribution in [3.8, 4) is 0 Å². The van der Waals surface area contributed by atoms with E-state index in [4.69, 9.17) is 0 Å². The Hall–Kier alpha value is -1.62. The molecule has 126 valence electrons. The molecule has 3 rings (SSSR count). The molecule has 2 fully saturated rings. The number of aliphatic hydroxyl groups is 1. The van der Waals surface area contributed by atoms with E-state index < -0.39 is 0 Å². The van der Waals surface area contributed by atoms with Crippen molar-refractivity contribution in [2.45, 2.75) is 44.8 Å². The minimum Gasteiger partial charge on any atom is -0.393 e. The topological polar surface area (TPSA) is 43.8 Å². The van der Waals surface area contributed by atoms with E-state index in [0.29, 0.717) is 25.3 Å². The van der Waals surface area contributed by atoms with Gasteiger partial charge in [-0.15, -0.1) is 0 Å². The molecule has 5 heteroatoms. The Kier molecular flexibility index (Phi) is 4.85. The lowest BCUT2D eigenvalue weighted by Gasteiger charge is -2.42. The quantitative estimate of drug-likeness (QED) is 0.910. The maximum atomic E-state index is 14.0. The molecule has 0 unspecified atom stereocenters. The van der Waals surface area contributed by atoms with Gasteiger partial charge in [0.15, 0.2) is 0 Å². The number of aliphatic hydroxyl groups excluding tert-OH is 1. The van der Waals surface area contributed by atoms with Gasteiger partial charge in [0.1, 0.15) is 5.82 Å². The van der Waals surface area contributed by atoms with Gasteiger partial charge in [-0.05, 0) is 44.7 Å². The first-order chi connectivity index (χ1) is 11.1. The van der Waals surface area contributed by atoms with Crippen molar-refractivity contribution >= 4 is 11.6 Å². The predicted octanol–water partition coefficient (Wildman–Crippen LogP) is 2.41. The SMILES string of the molecule is C[C@H]1CN(C(=O)C2CCC(O)CC2)CCN1c1ccccc1F. The number of para-hydroxylation sites is 1. The summed E-state index contributed by atoms with van der Waals surface area (Å²) < 4.78 is 14.0. The highest BCUT2D eigenvalue weighted by Gasteiger charge is 2.33. The Bertz CT molecular complexity index is 558. The molecule has 4 nitrogen and oxygen atoms in total. The average molecular weight is 320 g/mol. The van der Waals surface area contributed by atoms with Crippen LogP contribution in [0.5, 0.6) is 0 Å². The van der Waals surface area contributed by atoms with Crippen LogP contribution in [0, 0.1) is 11.7 Å². The first-order valence-corrected chi connectivity index (χ1v) is 8.54. The molecule has 1 aromatic carbocycles. The van der Waals surface area contributed by atoms with E-state index in [1.807, 2.05) is 22.8 Å². The molecule has 1 aliphatic carbocycles. The predicted molar refractivity (Wildman–Crippen MR) is 87.8 cm³/mol. The van der Waals surface area contributed by atoms with E-state index in [-0.39, 0.29) is 29.8 Å². The summed E-state index contributed by atoms with van der Waals surface area (Å²) in [7, 11) is 0. The molecular formula is C18H25FN2O2. The number of nitrogens with zero attached hydrogens (tertiary/aromatic N) is 2. The first-order valence-electron chi connectivity index (χ1n) is 8.54. The Morgan fingerprint density at radius 2 is 1.87 bits per heavy atom. The lowest BCUT2D eigenvalue weighted by Crippen LogP contribution is -2.55. The maximum absolute atomic E-state index is 14.0. The zero-order valence-corrected chi connectivity index (χ0v) is 13.6. The van der Waals surface area contributed by atoms with Crippen molar-refractivity contribution in [1.82, 2.24) is 4.90 Å². The van der Waals surface area contributed by atoms with Crippen LogP contribution in [-0.4, -0.2) is 47.7 Å². The van der Waals surface area contributed by atoms with Crippen LogP contribution in [0.2, 0.25) is 0 Å². The van der Waals surface area contributed by atoms with Gasteiger partial charge in [-0.2, -0.15) is 0 Å². The number of amides is 1. The van der Waals surface area contributed by atoms with Gasteiger partial charge < -0.3 is 14.9 Å². The first kappa shape index (κ1) is 16.2. The summed E-state index contributed by atoms with van der Waals surface area (Å²) in [6.45, 7) is 3.96. The molecule has 1 heterocycles. The van der Waals surface area contributed by atoms with Gasteiger partial charge in [0, 0.05) is 31.6 Å². The molecule has 1 aliphatic heterocycles. The van der Waals surface area contributed by atoms with E-state index in [9.17, 15) is 14.3 Å².